The number of ether oxygens (including phenoxy) is 1. The van der Waals surface area contributed by atoms with Gasteiger partial charge in [-0.25, -0.2) is 0 Å². The lowest BCUT2D eigenvalue weighted by atomic mass is 9.97. The summed E-state index contributed by atoms with van der Waals surface area (Å²) >= 11 is 0. The number of methoxy groups -OCH3 is 1. The minimum atomic E-state index is -0.955. The van der Waals surface area contributed by atoms with E-state index in [0.717, 1.165) is 0 Å². The molecule has 0 saturated carbocycles. The highest BCUT2D eigenvalue weighted by molar-refractivity contribution is 5.79. The molecule has 1 aromatic rings. The third kappa shape index (κ3) is 3.21. The van der Waals surface area contributed by atoms with Gasteiger partial charge in [0.1, 0.15) is 0 Å². The van der Waals surface area contributed by atoms with Crippen LogP contribution in [0.4, 0.5) is 0 Å². The Kier molecular flexibility index (Phi) is 4.67. The lowest BCUT2D eigenvalue weighted by Gasteiger charge is -2.15. The van der Waals surface area contributed by atoms with E-state index < -0.39 is 12.0 Å². The average Bonchev–Trinajstić information content (AvgIpc) is 2.35. The molecular weight excluding hydrogens is 238 g/mol. The molecule has 0 bridgehead atoms. The summed E-state index contributed by atoms with van der Waals surface area (Å²) in [6.07, 6.45) is 0.669. The van der Waals surface area contributed by atoms with E-state index in [1.54, 1.807) is 0 Å². The summed E-state index contributed by atoms with van der Waals surface area (Å²) in [6, 6.07) is 2.10. The molecule has 6 heteroatoms. The van der Waals surface area contributed by atoms with Gasteiger partial charge in [-0.15, -0.1) is 0 Å². The molecule has 18 heavy (non-hydrogen) atoms. The molecule has 0 fully saturated rings. The fourth-order valence-electron chi connectivity index (χ4n) is 1.62. The Bertz CT molecular complexity index is 458. The van der Waals surface area contributed by atoms with Gasteiger partial charge < -0.3 is 20.7 Å². The van der Waals surface area contributed by atoms with Crippen LogP contribution in [0, 0.1) is 0 Å². The van der Waals surface area contributed by atoms with E-state index in [2.05, 4.69) is 0 Å². The van der Waals surface area contributed by atoms with E-state index in [1.165, 1.54) is 19.2 Å². The van der Waals surface area contributed by atoms with Gasteiger partial charge in [0, 0.05) is 18.0 Å². The highest BCUT2D eigenvalue weighted by Crippen LogP contribution is 2.32. The monoisotopic (exact) mass is 253 g/mol. The molecule has 1 rings (SSSR count). The van der Waals surface area contributed by atoms with Gasteiger partial charge in [0.05, 0.1) is 7.11 Å². The van der Waals surface area contributed by atoms with E-state index >= 15 is 0 Å². The summed E-state index contributed by atoms with van der Waals surface area (Å²) in [5.74, 6) is -0.918. The largest absolute Gasteiger partial charge is 0.504 e. The summed E-state index contributed by atoms with van der Waals surface area (Å²) in [4.78, 5) is 21.4. The van der Waals surface area contributed by atoms with E-state index in [9.17, 15) is 14.7 Å². The van der Waals surface area contributed by atoms with E-state index in [-0.39, 0.29) is 29.9 Å². The van der Waals surface area contributed by atoms with E-state index in [1.807, 2.05) is 0 Å². The molecule has 6 nitrogen and oxygen atoms in total. The molecule has 0 amide bonds. The summed E-state index contributed by atoms with van der Waals surface area (Å²) in [5.41, 5.74) is 6.52. The number of rotatable bonds is 6. The van der Waals surface area contributed by atoms with Crippen molar-refractivity contribution < 1.29 is 24.5 Å². The SMILES string of the molecule is COc1cc(C(N)CCC(=O)O)c(C=O)cc1O. The van der Waals surface area contributed by atoms with Gasteiger partial charge in [0.25, 0.3) is 0 Å². The van der Waals surface area contributed by atoms with Gasteiger partial charge >= 0.3 is 5.97 Å². The highest BCUT2D eigenvalue weighted by atomic mass is 16.5. The van der Waals surface area contributed by atoms with Gasteiger partial charge in [0.2, 0.25) is 0 Å². The van der Waals surface area contributed by atoms with Crippen LogP contribution in [0.15, 0.2) is 12.1 Å². The number of phenolic OH excluding ortho intramolecular Hbond substituents is 1. The number of hydrogen-bond donors (Lipinski definition) is 3. The number of carbonyl (C=O) groups is 2. The fourth-order valence-corrected chi connectivity index (χ4v) is 1.62. The van der Waals surface area contributed by atoms with Crippen molar-refractivity contribution in [1.29, 1.82) is 0 Å². The molecule has 0 aliphatic heterocycles. The zero-order valence-corrected chi connectivity index (χ0v) is 9.92. The molecule has 0 aliphatic carbocycles. The van der Waals surface area contributed by atoms with Crippen LogP contribution in [-0.4, -0.2) is 29.6 Å². The van der Waals surface area contributed by atoms with Crippen LogP contribution in [-0.2, 0) is 4.79 Å². The molecule has 1 aromatic carbocycles. The van der Waals surface area contributed by atoms with Gasteiger partial charge in [-0.2, -0.15) is 0 Å². The summed E-state index contributed by atoms with van der Waals surface area (Å²) in [7, 11) is 1.38. The zero-order chi connectivity index (χ0) is 13.7. The molecule has 0 heterocycles. The number of phenols is 1. The maximum absolute atomic E-state index is 10.9. The van der Waals surface area contributed by atoms with Crippen LogP contribution in [0.5, 0.6) is 11.5 Å². The van der Waals surface area contributed by atoms with E-state index in [0.29, 0.717) is 11.8 Å². The number of aldehydes is 1. The molecule has 4 N–H and O–H groups in total. The standard InChI is InChI=1S/C12H15NO5/c1-18-11-5-8(7(6-14)4-10(11)15)9(13)2-3-12(16)17/h4-6,9,15H,2-3,13H2,1H3,(H,16,17). The Labute approximate surface area is 104 Å². The molecule has 0 aliphatic rings. The van der Waals surface area contributed by atoms with Gasteiger partial charge in [-0.1, -0.05) is 0 Å². The zero-order valence-electron chi connectivity index (χ0n) is 9.92. The van der Waals surface area contributed by atoms with Crippen molar-refractivity contribution >= 4 is 12.3 Å². The summed E-state index contributed by atoms with van der Waals surface area (Å²) in [6.45, 7) is 0. The van der Waals surface area contributed by atoms with Crippen molar-refractivity contribution in [3.63, 3.8) is 0 Å². The normalized spacial score (nSPS) is 11.9. The maximum atomic E-state index is 10.9. The molecule has 0 aromatic heterocycles. The van der Waals surface area contributed by atoms with Crippen LogP contribution >= 0.6 is 0 Å². The predicted molar refractivity (Wildman–Crippen MR) is 63.8 cm³/mol. The predicted octanol–water partition coefficient (Wildman–Crippen LogP) is 1.08. The van der Waals surface area contributed by atoms with Crippen molar-refractivity contribution in [1.82, 2.24) is 0 Å². The number of nitrogens with two attached hydrogens (primary N) is 1. The van der Waals surface area contributed by atoms with Crippen LogP contribution in [0.1, 0.15) is 34.8 Å². The van der Waals surface area contributed by atoms with Crippen LogP contribution in [0.2, 0.25) is 0 Å². The molecule has 0 saturated heterocycles. The van der Waals surface area contributed by atoms with Crippen molar-refractivity contribution in [3.05, 3.63) is 23.3 Å². The number of benzene rings is 1. The number of carboxylic acids is 1. The van der Waals surface area contributed by atoms with Gasteiger partial charge in [-0.3, -0.25) is 9.59 Å². The van der Waals surface area contributed by atoms with Gasteiger partial charge in [0.15, 0.2) is 17.8 Å². The first-order chi connectivity index (χ1) is 8.49. The minimum absolute atomic E-state index is 0.0946. The maximum Gasteiger partial charge on any atom is 0.303 e. The minimum Gasteiger partial charge on any atom is -0.504 e. The van der Waals surface area contributed by atoms with E-state index in [4.69, 9.17) is 15.6 Å². The first-order valence-electron chi connectivity index (χ1n) is 5.33. The quantitative estimate of drug-likeness (QED) is 0.654. The fraction of sp³-hybridized carbons (Fsp3) is 0.333. The summed E-state index contributed by atoms with van der Waals surface area (Å²) < 4.78 is 4.92. The lowest BCUT2D eigenvalue weighted by Crippen LogP contribution is -2.14. The number of aromatic hydroxyl groups is 1. The van der Waals surface area contributed by atoms with Crippen molar-refractivity contribution in [2.24, 2.45) is 5.73 Å². The molecule has 0 radical (unpaired) electrons. The molecular formula is C12H15NO5. The smallest absolute Gasteiger partial charge is 0.303 e. The second kappa shape index (κ2) is 6.02. The molecule has 1 atom stereocenters. The first-order valence-corrected chi connectivity index (χ1v) is 5.33. The Balaban J connectivity index is 3.05. The van der Waals surface area contributed by atoms with Crippen LogP contribution in [0.25, 0.3) is 0 Å². The lowest BCUT2D eigenvalue weighted by molar-refractivity contribution is -0.137. The Morgan fingerprint density at radius 2 is 2.22 bits per heavy atom. The van der Waals surface area contributed by atoms with Crippen molar-refractivity contribution in [2.75, 3.05) is 7.11 Å². The Hall–Kier alpha value is -2.08. The Morgan fingerprint density at radius 3 is 2.72 bits per heavy atom. The number of carboxylic acid groups (broad SMARTS) is 1. The number of carbonyl (C=O) groups excluding carboxylic acids is 1. The topological polar surface area (TPSA) is 110 Å². The molecule has 0 spiro atoms. The average molecular weight is 253 g/mol. The third-order valence-corrected chi connectivity index (χ3v) is 2.58. The van der Waals surface area contributed by atoms with Crippen molar-refractivity contribution in [3.8, 4) is 11.5 Å². The van der Waals surface area contributed by atoms with Crippen LogP contribution < -0.4 is 10.5 Å². The molecule has 1 unspecified atom stereocenters. The summed E-state index contributed by atoms with van der Waals surface area (Å²) in [5, 5.41) is 18.1. The van der Waals surface area contributed by atoms with Crippen molar-refractivity contribution in [2.45, 2.75) is 18.9 Å². The second-order valence-corrected chi connectivity index (χ2v) is 3.81. The van der Waals surface area contributed by atoms with Crippen LogP contribution in [0.3, 0.4) is 0 Å². The number of hydrogen-bond acceptors (Lipinski definition) is 5. The highest BCUT2D eigenvalue weighted by Gasteiger charge is 2.16. The second-order valence-electron chi connectivity index (χ2n) is 3.81. The van der Waals surface area contributed by atoms with Gasteiger partial charge in [-0.05, 0) is 24.1 Å². The Morgan fingerprint density at radius 1 is 1.56 bits per heavy atom. The first kappa shape index (κ1) is 14.0. The molecule has 98 valence electrons. The third-order valence-electron chi connectivity index (χ3n) is 2.58. The number of aliphatic carboxylic acids is 1.